The maximum Gasteiger partial charge on any atom is 0.247 e. The van der Waals surface area contributed by atoms with Crippen molar-refractivity contribution in [1.82, 2.24) is 19.4 Å². The molecule has 1 fully saturated rings. The molecule has 0 aliphatic carbocycles. The van der Waals surface area contributed by atoms with E-state index in [0.29, 0.717) is 29.2 Å². The maximum atomic E-state index is 12.6. The number of nitrogens with one attached hydrogen (secondary N) is 2. The highest BCUT2D eigenvalue weighted by atomic mass is 16.3. The van der Waals surface area contributed by atoms with Crippen molar-refractivity contribution in [2.24, 2.45) is 0 Å². The van der Waals surface area contributed by atoms with Gasteiger partial charge >= 0.3 is 0 Å². The van der Waals surface area contributed by atoms with Crippen LogP contribution in [-0.4, -0.2) is 68.8 Å². The molecular formula is C30H33N7O3. The Bertz CT molecular complexity index is 1580. The molecule has 10 nitrogen and oxygen atoms in total. The van der Waals surface area contributed by atoms with E-state index in [1.165, 1.54) is 18.3 Å². The quantitative estimate of drug-likeness (QED) is 0.291. The second kappa shape index (κ2) is 11.3. The standard InChI is InChI=1S/C30H33N7O3/c1-4-27(39)32-22-6-5-7-24(18-22)37-13-12-26(38)25-19-31-29(34-28(25)37)33-21-8-10-23(11-9-21)36-16-14-35(15-17-36)20-30(2,3)40/h4-13,18-19,40H,1,14-17,20H2,2-3H3,(H,32,39)(H,31,33,34). The number of aliphatic hydroxyl groups is 1. The van der Waals surface area contributed by atoms with Gasteiger partial charge in [-0.15, -0.1) is 0 Å². The number of nitrogens with zero attached hydrogens (tertiary/aromatic N) is 5. The zero-order chi connectivity index (χ0) is 28.3. The number of aromatic nitrogens is 3. The fraction of sp³-hybridized carbons (Fsp3) is 0.267. The molecule has 0 atom stereocenters. The van der Waals surface area contributed by atoms with Crippen molar-refractivity contribution in [1.29, 1.82) is 0 Å². The largest absolute Gasteiger partial charge is 0.389 e. The minimum atomic E-state index is -0.693. The summed E-state index contributed by atoms with van der Waals surface area (Å²) in [5.41, 5.74) is 2.84. The van der Waals surface area contributed by atoms with Gasteiger partial charge in [0, 0.05) is 73.9 Å². The number of piperazine rings is 1. The summed E-state index contributed by atoms with van der Waals surface area (Å²) >= 11 is 0. The van der Waals surface area contributed by atoms with Gasteiger partial charge in [0.2, 0.25) is 11.9 Å². The monoisotopic (exact) mass is 539 g/mol. The van der Waals surface area contributed by atoms with Crippen LogP contribution in [0.1, 0.15) is 13.8 Å². The van der Waals surface area contributed by atoms with Gasteiger partial charge in [-0.1, -0.05) is 12.6 Å². The number of benzene rings is 2. The average molecular weight is 540 g/mol. The van der Waals surface area contributed by atoms with Crippen LogP contribution in [0.2, 0.25) is 0 Å². The Morgan fingerprint density at radius 1 is 1.05 bits per heavy atom. The zero-order valence-corrected chi connectivity index (χ0v) is 22.7. The number of rotatable bonds is 8. The number of amides is 1. The summed E-state index contributed by atoms with van der Waals surface area (Å²) in [7, 11) is 0. The van der Waals surface area contributed by atoms with Crippen LogP contribution < -0.4 is 21.0 Å². The van der Waals surface area contributed by atoms with Gasteiger partial charge in [0.1, 0.15) is 0 Å². The number of β-amino-alcohol motifs (C(OH)–C–C–N with tert-alkyl or cyclic N) is 1. The number of hydrogen-bond acceptors (Lipinski definition) is 8. The topological polar surface area (TPSA) is 116 Å². The van der Waals surface area contributed by atoms with Gasteiger partial charge in [-0.25, -0.2) is 4.98 Å². The molecule has 0 bridgehead atoms. The Morgan fingerprint density at radius 3 is 2.50 bits per heavy atom. The van der Waals surface area contributed by atoms with Crippen molar-refractivity contribution in [3.63, 3.8) is 0 Å². The number of hydrogen-bond donors (Lipinski definition) is 3. The number of pyridine rings is 1. The molecule has 0 saturated carbocycles. The first kappa shape index (κ1) is 27.0. The smallest absolute Gasteiger partial charge is 0.247 e. The Hall–Kier alpha value is -4.54. The van der Waals surface area contributed by atoms with Crippen molar-refractivity contribution in [2.45, 2.75) is 19.4 Å². The van der Waals surface area contributed by atoms with E-state index in [9.17, 15) is 14.7 Å². The minimum Gasteiger partial charge on any atom is -0.389 e. The van der Waals surface area contributed by atoms with E-state index in [1.54, 1.807) is 22.9 Å². The molecule has 0 radical (unpaired) electrons. The molecule has 5 rings (SSSR count). The van der Waals surface area contributed by atoms with Crippen LogP contribution in [-0.2, 0) is 4.79 Å². The first-order valence-corrected chi connectivity index (χ1v) is 13.2. The number of carbonyl (C=O) groups excluding carboxylic acids is 1. The molecule has 206 valence electrons. The van der Waals surface area contributed by atoms with Gasteiger partial charge in [-0.2, -0.15) is 4.98 Å². The first-order valence-electron chi connectivity index (χ1n) is 13.2. The van der Waals surface area contributed by atoms with Crippen LogP contribution in [0.3, 0.4) is 0 Å². The Labute approximate surface area is 232 Å². The maximum absolute atomic E-state index is 12.6. The van der Waals surface area contributed by atoms with E-state index in [4.69, 9.17) is 0 Å². The van der Waals surface area contributed by atoms with Gasteiger partial charge in [-0.05, 0) is 62.4 Å². The van der Waals surface area contributed by atoms with Crippen molar-refractivity contribution in [3.8, 4) is 5.69 Å². The van der Waals surface area contributed by atoms with Crippen LogP contribution in [0, 0.1) is 0 Å². The van der Waals surface area contributed by atoms with Crippen molar-refractivity contribution >= 4 is 40.0 Å². The zero-order valence-electron chi connectivity index (χ0n) is 22.7. The van der Waals surface area contributed by atoms with E-state index in [2.05, 4.69) is 49.1 Å². The Balaban J connectivity index is 1.34. The summed E-state index contributed by atoms with van der Waals surface area (Å²) in [5, 5.41) is 16.5. The summed E-state index contributed by atoms with van der Waals surface area (Å²) < 4.78 is 1.79. The summed E-state index contributed by atoms with van der Waals surface area (Å²) in [5.74, 6) is 0.0469. The lowest BCUT2D eigenvalue weighted by Gasteiger charge is -2.38. The fourth-order valence-electron chi connectivity index (χ4n) is 4.82. The SMILES string of the molecule is C=CC(=O)Nc1cccc(-n2ccc(=O)c3cnc(Nc4ccc(N5CCN(CC(C)(C)O)CC5)cc4)nc32)c1. The molecule has 3 heterocycles. The fourth-order valence-corrected chi connectivity index (χ4v) is 4.82. The minimum absolute atomic E-state index is 0.180. The van der Waals surface area contributed by atoms with Gasteiger partial charge in [0.25, 0.3) is 0 Å². The van der Waals surface area contributed by atoms with Crippen molar-refractivity contribution < 1.29 is 9.90 Å². The second-order valence-electron chi connectivity index (χ2n) is 10.5. The summed E-state index contributed by atoms with van der Waals surface area (Å²) in [6, 6.07) is 16.8. The molecule has 0 unspecified atom stereocenters. The number of fused-ring (bicyclic) bond motifs is 1. The van der Waals surface area contributed by atoms with Crippen LogP contribution in [0.25, 0.3) is 16.7 Å². The van der Waals surface area contributed by atoms with Crippen molar-refractivity contribution in [2.75, 3.05) is 48.3 Å². The van der Waals surface area contributed by atoms with Gasteiger partial charge in [0.05, 0.1) is 11.0 Å². The molecule has 2 aromatic heterocycles. The predicted molar refractivity (Wildman–Crippen MR) is 159 cm³/mol. The number of carbonyl (C=O) groups is 1. The molecule has 2 aromatic carbocycles. The lowest BCUT2D eigenvalue weighted by Crippen LogP contribution is -2.50. The van der Waals surface area contributed by atoms with Crippen LogP contribution in [0.4, 0.5) is 23.0 Å². The van der Waals surface area contributed by atoms with Gasteiger partial charge < -0.3 is 25.2 Å². The van der Waals surface area contributed by atoms with E-state index < -0.39 is 5.60 Å². The molecule has 4 aromatic rings. The second-order valence-corrected chi connectivity index (χ2v) is 10.5. The molecule has 1 saturated heterocycles. The van der Waals surface area contributed by atoms with Crippen molar-refractivity contribution in [3.05, 3.63) is 89.9 Å². The lowest BCUT2D eigenvalue weighted by atomic mass is 10.1. The molecule has 40 heavy (non-hydrogen) atoms. The Morgan fingerprint density at radius 2 is 1.80 bits per heavy atom. The molecular weight excluding hydrogens is 506 g/mol. The first-order chi connectivity index (χ1) is 19.2. The van der Waals surface area contributed by atoms with E-state index in [1.807, 2.05) is 38.1 Å². The highest BCUT2D eigenvalue weighted by molar-refractivity contribution is 5.99. The summed E-state index contributed by atoms with van der Waals surface area (Å²) in [6.07, 6.45) is 4.39. The van der Waals surface area contributed by atoms with Crippen LogP contribution in [0.15, 0.2) is 84.4 Å². The third-order valence-electron chi connectivity index (χ3n) is 6.69. The average Bonchev–Trinajstić information content (AvgIpc) is 2.93. The molecule has 1 aliphatic rings. The van der Waals surface area contributed by atoms with E-state index in [0.717, 1.165) is 43.2 Å². The highest BCUT2D eigenvalue weighted by Gasteiger charge is 2.23. The normalized spacial score (nSPS) is 14.2. The van der Waals surface area contributed by atoms with E-state index >= 15 is 0 Å². The molecule has 3 N–H and O–H groups in total. The van der Waals surface area contributed by atoms with Crippen LogP contribution >= 0.6 is 0 Å². The molecule has 1 amide bonds. The summed E-state index contributed by atoms with van der Waals surface area (Å²) in [4.78, 5) is 38.0. The predicted octanol–water partition coefficient (Wildman–Crippen LogP) is 3.54. The molecule has 1 aliphatic heterocycles. The number of anilines is 4. The summed E-state index contributed by atoms with van der Waals surface area (Å²) in [6.45, 7) is 11.4. The molecule has 10 heteroatoms. The third-order valence-corrected chi connectivity index (χ3v) is 6.69. The van der Waals surface area contributed by atoms with Gasteiger partial charge in [-0.3, -0.25) is 14.5 Å². The molecule has 0 spiro atoms. The van der Waals surface area contributed by atoms with Gasteiger partial charge in [0.15, 0.2) is 11.1 Å². The Kier molecular flexibility index (Phi) is 7.63. The lowest BCUT2D eigenvalue weighted by molar-refractivity contribution is -0.111. The van der Waals surface area contributed by atoms with Crippen LogP contribution in [0.5, 0.6) is 0 Å². The third kappa shape index (κ3) is 6.36. The van der Waals surface area contributed by atoms with E-state index in [-0.39, 0.29) is 11.3 Å². The highest BCUT2D eigenvalue weighted by Crippen LogP contribution is 2.23.